The molecule has 5 nitrogen and oxygen atoms in total. The van der Waals surface area contributed by atoms with Gasteiger partial charge in [0.15, 0.2) is 0 Å². The topological polar surface area (TPSA) is 73.4 Å². The summed E-state index contributed by atoms with van der Waals surface area (Å²) < 4.78 is 0. The summed E-state index contributed by atoms with van der Waals surface area (Å²) in [5.74, 6) is -0.909. The monoisotopic (exact) mass is 340 g/mol. The minimum Gasteiger partial charge on any atom is -0.478 e. The van der Waals surface area contributed by atoms with Gasteiger partial charge in [-0.1, -0.05) is 26.8 Å². The van der Waals surface area contributed by atoms with Gasteiger partial charge in [0.1, 0.15) is 0 Å². The third-order valence-electron chi connectivity index (χ3n) is 5.83. The summed E-state index contributed by atoms with van der Waals surface area (Å²) in [7, 11) is 0. The first-order chi connectivity index (χ1) is 11.7. The van der Waals surface area contributed by atoms with Crippen molar-refractivity contribution in [3.8, 4) is 0 Å². The molecule has 2 bridgehead atoms. The van der Waals surface area contributed by atoms with Crippen molar-refractivity contribution >= 4 is 22.8 Å². The molecule has 2 N–H and O–H groups in total. The minimum atomic E-state index is -0.964. The van der Waals surface area contributed by atoms with Crippen molar-refractivity contribution in [1.29, 1.82) is 0 Å². The smallest absolute Gasteiger partial charge is 0.337 e. The van der Waals surface area contributed by atoms with Crippen molar-refractivity contribution < 1.29 is 14.7 Å². The third-order valence-corrected chi connectivity index (χ3v) is 5.83. The first kappa shape index (κ1) is 16.2. The number of aromatic nitrogens is 1. The van der Waals surface area contributed by atoms with E-state index in [-0.39, 0.29) is 22.3 Å². The number of hydrogen-bond acceptors (Lipinski definition) is 2. The second-order valence-electron chi connectivity index (χ2n) is 8.91. The molecule has 25 heavy (non-hydrogen) atoms. The zero-order valence-corrected chi connectivity index (χ0v) is 14.9. The molecule has 2 fully saturated rings. The van der Waals surface area contributed by atoms with Gasteiger partial charge in [-0.2, -0.15) is 0 Å². The van der Waals surface area contributed by atoms with Crippen LogP contribution in [-0.4, -0.2) is 39.5 Å². The van der Waals surface area contributed by atoms with E-state index in [1.54, 1.807) is 18.2 Å². The van der Waals surface area contributed by atoms with Crippen LogP contribution in [0.5, 0.6) is 0 Å². The van der Waals surface area contributed by atoms with Gasteiger partial charge < -0.3 is 15.0 Å². The number of amides is 1. The first-order valence-corrected chi connectivity index (χ1v) is 8.83. The van der Waals surface area contributed by atoms with Crippen LogP contribution in [0.3, 0.4) is 0 Å². The number of carboxylic acids is 1. The molecule has 0 spiro atoms. The van der Waals surface area contributed by atoms with Gasteiger partial charge in [-0.05, 0) is 42.2 Å². The lowest BCUT2D eigenvalue weighted by Crippen LogP contribution is -2.37. The van der Waals surface area contributed by atoms with Crippen molar-refractivity contribution in [3.63, 3.8) is 0 Å². The predicted molar refractivity (Wildman–Crippen MR) is 95.8 cm³/mol. The number of likely N-dealkylation sites (tertiary alicyclic amines) is 1. The van der Waals surface area contributed by atoms with Crippen molar-refractivity contribution in [3.05, 3.63) is 35.5 Å². The van der Waals surface area contributed by atoms with Gasteiger partial charge in [-0.3, -0.25) is 4.79 Å². The maximum absolute atomic E-state index is 13.1. The fourth-order valence-electron chi connectivity index (χ4n) is 5.30. The van der Waals surface area contributed by atoms with Crippen LogP contribution < -0.4 is 0 Å². The van der Waals surface area contributed by atoms with Crippen LogP contribution in [0.15, 0.2) is 24.4 Å². The highest BCUT2D eigenvalue weighted by Crippen LogP contribution is 2.52. The maximum atomic E-state index is 13.1. The number of aromatic carboxylic acids is 1. The number of fused-ring (bicyclic) bond motifs is 3. The van der Waals surface area contributed by atoms with Crippen molar-refractivity contribution in [2.24, 2.45) is 10.8 Å². The highest BCUT2D eigenvalue weighted by Gasteiger charge is 2.51. The van der Waals surface area contributed by atoms with Crippen molar-refractivity contribution in [1.82, 2.24) is 9.88 Å². The third kappa shape index (κ3) is 2.62. The molecule has 1 aliphatic heterocycles. The fraction of sp³-hybridized carbons (Fsp3) is 0.500. The number of carbonyl (C=O) groups is 2. The summed E-state index contributed by atoms with van der Waals surface area (Å²) >= 11 is 0. The zero-order valence-electron chi connectivity index (χ0n) is 14.9. The Hall–Kier alpha value is -2.30. The van der Waals surface area contributed by atoms with E-state index < -0.39 is 5.97 Å². The van der Waals surface area contributed by atoms with E-state index in [0.29, 0.717) is 22.5 Å². The van der Waals surface area contributed by atoms with E-state index in [1.807, 2.05) is 4.90 Å². The Morgan fingerprint density at radius 2 is 2.00 bits per heavy atom. The molecular formula is C20H24N2O3. The molecule has 2 aliphatic rings. The van der Waals surface area contributed by atoms with Gasteiger partial charge in [-0.15, -0.1) is 0 Å². The maximum Gasteiger partial charge on any atom is 0.337 e. The molecule has 1 amide bonds. The molecule has 2 unspecified atom stereocenters. The number of carbonyl (C=O) groups excluding carboxylic acids is 1. The number of hydrogen-bond donors (Lipinski definition) is 2. The van der Waals surface area contributed by atoms with E-state index in [4.69, 9.17) is 0 Å². The Labute approximate surface area is 147 Å². The van der Waals surface area contributed by atoms with Crippen LogP contribution >= 0.6 is 0 Å². The molecule has 1 saturated carbocycles. The van der Waals surface area contributed by atoms with Gasteiger partial charge in [-0.25, -0.2) is 4.79 Å². The van der Waals surface area contributed by atoms with Gasteiger partial charge in [0.05, 0.1) is 5.56 Å². The number of rotatable bonds is 2. The highest BCUT2D eigenvalue weighted by atomic mass is 16.4. The second-order valence-corrected chi connectivity index (χ2v) is 8.91. The molecule has 2 atom stereocenters. The Balaban J connectivity index is 1.65. The van der Waals surface area contributed by atoms with E-state index >= 15 is 0 Å². The van der Waals surface area contributed by atoms with Gasteiger partial charge in [0.25, 0.3) is 5.91 Å². The van der Waals surface area contributed by atoms with Crippen molar-refractivity contribution in [2.75, 3.05) is 6.54 Å². The normalized spacial score (nSPS) is 27.6. The van der Waals surface area contributed by atoms with E-state index in [2.05, 4.69) is 25.8 Å². The molecule has 132 valence electrons. The zero-order chi connectivity index (χ0) is 18.0. The summed E-state index contributed by atoms with van der Waals surface area (Å²) in [4.78, 5) is 29.4. The lowest BCUT2D eigenvalue weighted by Gasteiger charge is -2.39. The molecular weight excluding hydrogens is 316 g/mol. The standard InChI is InChI=1S/C20H24N2O3/c1-19(2)7-13-8-20(3,10-19)11-22(13)17(23)12-4-5-14-15(18(24)25)9-21-16(14)6-12/h4-6,9,13,21H,7-8,10-11H2,1-3H3,(H,24,25). The number of benzene rings is 1. The second kappa shape index (κ2) is 5.10. The molecule has 1 saturated heterocycles. The average molecular weight is 340 g/mol. The molecule has 1 aromatic heterocycles. The van der Waals surface area contributed by atoms with Crippen LogP contribution in [0.1, 0.15) is 60.7 Å². The molecule has 2 aromatic rings. The number of nitrogens with zero attached hydrogens (tertiary/aromatic N) is 1. The van der Waals surface area contributed by atoms with Crippen LogP contribution in [0.4, 0.5) is 0 Å². The Bertz CT molecular complexity index is 882. The lowest BCUT2D eigenvalue weighted by molar-refractivity contribution is 0.0693. The first-order valence-electron chi connectivity index (χ1n) is 8.83. The Morgan fingerprint density at radius 3 is 2.72 bits per heavy atom. The fourth-order valence-corrected chi connectivity index (χ4v) is 5.30. The molecule has 2 heterocycles. The van der Waals surface area contributed by atoms with E-state index in [0.717, 1.165) is 25.8 Å². The van der Waals surface area contributed by atoms with Crippen LogP contribution in [0.25, 0.3) is 10.9 Å². The molecule has 4 rings (SSSR count). The van der Waals surface area contributed by atoms with Crippen molar-refractivity contribution in [2.45, 2.75) is 46.1 Å². The van der Waals surface area contributed by atoms with E-state index in [9.17, 15) is 14.7 Å². The quantitative estimate of drug-likeness (QED) is 0.870. The summed E-state index contributed by atoms with van der Waals surface area (Å²) in [6.07, 6.45) is 4.75. The predicted octanol–water partition coefficient (Wildman–Crippen LogP) is 3.91. The summed E-state index contributed by atoms with van der Waals surface area (Å²) in [6.45, 7) is 7.69. The lowest BCUT2D eigenvalue weighted by atomic mass is 9.65. The molecule has 5 heteroatoms. The summed E-state index contributed by atoms with van der Waals surface area (Å²) in [5.41, 5.74) is 2.03. The van der Waals surface area contributed by atoms with Gasteiger partial charge in [0, 0.05) is 35.2 Å². The van der Waals surface area contributed by atoms with Gasteiger partial charge >= 0.3 is 5.97 Å². The average Bonchev–Trinajstić information content (AvgIpc) is 3.03. The highest BCUT2D eigenvalue weighted by molar-refractivity contribution is 6.05. The summed E-state index contributed by atoms with van der Waals surface area (Å²) in [5, 5.41) is 9.84. The number of H-pyrrole nitrogens is 1. The number of carboxylic acid groups (broad SMARTS) is 1. The number of nitrogens with one attached hydrogen (secondary N) is 1. The van der Waals surface area contributed by atoms with Gasteiger partial charge in [0.2, 0.25) is 0 Å². The Morgan fingerprint density at radius 1 is 1.24 bits per heavy atom. The van der Waals surface area contributed by atoms with Crippen LogP contribution in [-0.2, 0) is 0 Å². The summed E-state index contributed by atoms with van der Waals surface area (Å²) in [6, 6.07) is 5.56. The van der Waals surface area contributed by atoms with E-state index in [1.165, 1.54) is 6.20 Å². The minimum absolute atomic E-state index is 0.0554. The Kier molecular flexibility index (Phi) is 3.30. The van der Waals surface area contributed by atoms with Crippen LogP contribution in [0, 0.1) is 10.8 Å². The largest absolute Gasteiger partial charge is 0.478 e. The SMILES string of the molecule is CC1(C)CC2CC(C)(CN2C(=O)c2ccc3c(C(=O)O)c[nH]c3c2)C1. The van der Waals surface area contributed by atoms with Crippen LogP contribution in [0.2, 0.25) is 0 Å². The molecule has 0 radical (unpaired) electrons. The number of aromatic amines is 1. The molecule has 1 aromatic carbocycles. The molecule has 1 aliphatic carbocycles.